The van der Waals surface area contributed by atoms with Crippen LogP contribution in [0, 0.1) is 0 Å². The molecule has 0 aliphatic carbocycles. The van der Waals surface area contributed by atoms with Crippen LogP contribution in [0.25, 0.3) is 0 Å². The topological polar surface area (TPSA) is 228 Å². The lowest BCUT2D eigenvalue weighted by molar-refractivity contribution is -0.359. The average Bonchev–Trinajstić information content (AvgIpc) is 0.794. The van der Waals surface area contributed by atoms with Crippen molar-refractivity contribution in [3.63, 3.8) is 0 Å². The van der Waals surface area contributed by atoms with Gasteiger partial charge < -0.3 is 65.1 Å². The van der Waals surface area contributed by atoms with Crippen molar-refractivity contribution in [2.45, 2.75) is 421 Å². The fourth-order valence-electron chi connectivity index (χ4n) is 13.0. The van der Waals surface area contributed by atoms with Gasteiger partial charge in [-0.25, -0.2) is 0 Å². The number of amides is 1. The van der Waals surface area contributed by atoms with Crippen LogP contribution in [0.4, 0.5) is 0 Å². The molecular weight excluding hydrogens is 1180 g/mol. The van der Waals surface area contributed by atoms with E-state index in [-0.39, 0.29) is 12.5 Å². The van der Waals surface area contributed by atoms with Gasteiger partial charge in [-0.15, -0.1) is 0 Å². The molecule has 14 heteroatoms. The Morgan fingerprint density at radius 1 is 0.394 bits per heavy atom. The molecule has 94 heavy (non-hydrogen) atoms. The molecule has 2 aliphatic rings. The van der Waals surface area contributed by atoms with Crippen LogP contribution in [0.5, 0.6) is 0 Å². The number of unbranched alkanes of at least 4 members (excludes halogenated alkanes) is 43. The quantitative estimate of drug-likeness (QED) is 0.0204. The minimum absolute atomic E-state index is 0.200. The lowest BCUT2D eigenvalue weighted by Crippen LogP contribution is -2.65. The number of carbonyl (C=O) groups excluding carboxylic acids is 1. The van der Waals surface area contributed by atoms with Crippen molar-refractivity contribution in [2.24, 2.45) is 0 Å². The molecular formula is C80H147NO13. The number of ether oxygens (including phenoxy) is 4. The fourth-order valence-corrected chi connectivity index (χ4v) is 13.0. The second-order valence-corrected chi connectivity index (χ2v) is 27.8. The number of aliphatic hydroxyl groups is 8. The van der Waals surface area contributed by atoms with E-state index in [1.54, 1.807) is 0 Å². The molecule has 2 saturated heterocycles. The largest absolute Gasteiger partial charge is 0.394 e. The highest BCUT2D eigenvalue weighted by molar-refractivity contribution is 5.76. The summed E-state index contributed by atoms with van der Waals surface area (Å²) < 4.78 is 23.0. The summed E-state index contributed by atoms with van der Waals surface area (Å²) in [6.45, 7) is 2.80. The Morgan fingerprint density at radius 3 is 1.13 bits per heavy atom. The normalized spacial score (nSPS) is 22.7. The third-order valence-corrected chi connectivity index (χ3v) is 19.2. The molecule has 0 saturated carbocycles. The van der Waals surface area contributed by atoms with Gasteiger partial charge >= 0.3 is 0 Å². The highest BCUT2D eigenvalue weighted by atomic mass is 16.7. The maximum atomic E-state index is 13.4. The van der Waals surface area contributed by atoms with E-state index in [1.165, 1.54) is 238 Å². The van der Waals surface area contributed by atoms with Crippen molar-refractivity contribution in [2.75, 3.05) is 19.8 Å². The molecule has 2 aliphatic heterocycles. The summed E-state index contributed by atoms with van der Waals surface area (Å²) in [5.41, 5.74) is 0. The molecule has 12 unspecified atom stereocenters. The van der Waals surface area contributed by atoms with E-state index in [9.17, 15) is 45.6 Å². The average molecular weight is 1330 g/mol. The zero-order valence-corrected chi connectivity index (χ0v) is 60.2. The summed E-state index contributed by atoms with van der Waals surface area (Å²) in [6, 6.07) is -0.829. The van der Waals surface area contributed by atoms with Crippen LogP contribution >= 0.6 is 0 Å². The number of carbonyl (C=O) groups is 1. The summed E-state index contributed by atoms with van der Waals surface area (Å²) in [7, 11) is 0. The van der Waals surface area contributed by atoms with E-state index in [1.807, 2.05) is 0 Å². The van der Waals surface area contributed by atoms with Gasteiger partial charge in [0.25, 0.3) is 0 Å². The molecule has 1 amide bonds. The monoisotopic (exact) mass is 1330 g/mol. The number of allylic oxidation sites excluding steroid dienone is 10. The first kappa shape index (κ1) is 87.8. The highest BCUT2D eigenvalue weighted by Gasteiger charge is 2.51. The summed E-state index contributed by atoms with van der Waals surface area (Å²) in [5, 5.41) is 87.8. The van der Waals surface area contributed by atoms with Crippen LogP contribution in [0.15, 0.2) is 60.8 Å². The standard InChI is InChI=1S/C80H147NO13/c1-3-5-7-9-11-13-15-17-19-21-23-25-26-27-28-29-30-31-32-33-34-35-36-37-38-39-40-41-42-44-46-48-50-52-54-56-58-60-62-64-72(85)81-68(69(84)63-61-59-57-55-53-51-49-47-45-43-24-22-20-18-16-14-12-10-8-6-4-2)67-91-79-77(90)75(88)78(71(66-83)93-79)94-80-76(89)74(87)73(86)70(65-82)92-80/h5,7,11,13,17,19,23,25,27-28,68-71,73-80,82-84,86-90H,3-4,6,8-10,12,14-16,18,20-22,24,26,29-67H2,1-2H3,(H,81,85)/b7-5-,13-11-,19-17-,25-23-,28-27-. The van der Waals surface area contributed by atoms with E-state index >= 15 is 0 Å². The van der Waals surface area contributed by atoms with Gasteiger partial charge in [-0.1, -0.05) is 344 Å². The molecule has 550 valence electrons. The molecule has 0 spiro atoms. The minimum Gasteiger partial charge on any atom is -0.394 e. The second kappa shape index (κ2) is 64.1. The van der Waals surface area contributed by atoms with Crippen LogP contribution in [0.2, 0.25) is 0 Å². The maximum Gasteiger partial charge on any atom is 0.220 e. The van der Waals surface area contributed by atoms with Gasteiger partial charge in [-0.3, -0.25) is 4.79 Å². The summed E-state index contributed by atoms with van der Waals surface area (Å²) in [4.78, 5) is 13.4. The van der Waals surface area contributed by atoms with Gasteiger partial charge in [0.1, 0.15) is 48.8 Å². The summed E-state index contributed by atoms with van der Waals surface area (Å²) in [6.07, 6.45) is 69.8. The Labute approximate surface area is 575 Å². The zero-order valence-electron chi connectivity index (χ0n) is 60.2. The van der Waals surface area contributed by atoms with Crippen LogP contribution < -0.4 is 5.32 Å². The van der Waals surface area contributed by atoms with Gasteiger partial charge in [-0.05, 0) is 57.8 Å². The van der Waals surface area contributed by atoms with Crippen LogP contribution in [0.1, 0.15) is 348 Å². The number of hydrogen-bond acceptors (Lipinski definition) is 13. The van der Waals surface area contributed by atoms with Crippen molar-refractivity contribution in [3.05, 3.63) is 60.8 Å². The minimum atomic E-state index is -1.78. The molecule has 2 heterocycles. The van der Waals surface area contributed by atoms with Crippen molar-refractivity contribution in [1.29, 1.82) is 0 Å². The molecule has 0 aromatic heterocycles. The number of hydrogen-bond donors (Lipinski definition) is 9. The number of aliphatic hydroxyl groups excluding tert-OH is 8. The third-order valence-electron chi connectivity index (χ3n) is 19.2. The Bertz CT molecular complexity index is 1810. The maximum absolute atomic E-state index is 13.4. The number of nitrogens with one attached hydrogen (secondary N) is 1. The van der Waals surface area contributed by atoms with Gasteiger partial charge in [-0.2, -0.15) is 0 Å². The zero-order chi connectivity index (χ0) is 68.0. The van der Waals surface area contributed by atoms with Crippen LogP contribution in [-0.2, 0) is 23.7 Å². The Hall–Kier alpha value is -2.31. The van der Waals surface area contributed by atoms with Crippen LogP contribution in [-0.4, -0.2) is 140 Å². The Kier molecular flexibility index (Phi) is 59.8. The van der Waals surface area contributed by atoms with Crippen LogP contribution in [0.3, 0.4) is 0 Å². The molecule has 0 aromatic carbocycles. The van der Waals surface area contributed by atoms with E-state index in [4.69, 9.17) is 18.9 Å². The predicted octanol–water partition coefficient (Wildman–Crippen LogP) is 17.6. The van der Waals surface area contributed by atoms with Crippen molar-refractivity contribution < 1.29 is 64.6 Å². The molecule has 14 nitrogen and oxygen atoms in total. The van der Waals surface area contributed by atoms with Gasteiger partial charge in [0.15, 0.2) is 12.6 Å². The van der Waals surface area contributed by atoms with E-state index in [0.717, 1.165) is 83.5 Å². The lowest BCUT2D eigenvalue weighted by atomic mass is 9.97. The van der Waals surface area contributed by atoms with Crippen molar-refractivity contribution >= 4 is 5.91 Å². The predicted molar refractivity (Wildman–Crippen MR) is 387 cm³/mol. The van der Waals surface area contributed by atoms with Crippen molar-refractivity contribution in [1.82, 2.24) is 5.32 Å². The van der Waals surface area contributed by atoms with Crippen molar-refractivity contribution in [3.8, 4) is 0 Å². The lowest BCUT2D eigenvalue weighted by Gasteiger charge is -2.46. The van der Waals surface area contributed by atoms with E-state index in [0.29, 0.717) is 12.8 Å². The van der Waals surface area contributed by atoms with E-state index < -0.39 is 86.8 Å². The first-order chi connectivity index (χ1) is 46.1. The molecule has 9 N–H and O–H groups in total. The summed E-state index contributed by atoms with van der Waals surface area (Å²) in [5.74, 6) is -0.200. The van der Waals surface area contributed by atoms with E-state index in [2.05, 4.69) is 79.9 Å². The SMILES string of the molecule is CC/C=C\C/C=C\C/C=C\C/C=C\C/C=C\CCCCCCCCCCCCCCCCCCCCCCCCCC(=O)NC(COC1OC(CO)C(OC2OC(CO)C(O)C(O)C2O)C(O)C1O)C(O)CCCCCCCCCCCCCCCCCCCCCCC. The molecule has 2 fully saturated rings. The molecule has 12 atom stereocenters. The number of rotatable bonds is 66. The molecule has 0 radical (unpaired) electrons. The third kappa shape index (κ3) is 46.9. The molecule has 0 bridgehead atoms. The van der Waals surface area contributed by atoms with Gasteiger partial charge in [0.2, 0.25) is 5.91 Å². The Morgan fingerprint density at radius 2 is 0.734 bits per heavy atom. The fraction of sp³-hybridized carbons (Fsp3) is 0.863. The van der Waals surface area contributed by atoms with Gasteiger partial charge in [0, 0.05) is 6.42 Å². The molecule has 2 rings (SSSR count). The highest BCUT2D eigenvalue weighted by Crippen LogP contribution is 2.30. The summed E-state index contributed by atoms with van der Waals surface area (Å²) >= 11 is 0. The first-order valence-electron chi connectivity index (χ1n) is 39.5. The first-order valence-corrected chi connectivity index (χ1v) is 39.5. The molecule has 0 aromatic rings. The second-order valence-electron chi connectivity index (χ2n) is 27.8. The smallest absolute Gasteiger partial charge is 0.220 e. The van der Waals surface area contributed by atoms with Gasteiger partial charge in [0.05, 0.1) is 32.0 Å². The Balaban J connectivity index is 1.57.